The lowest BCUT2D eigenvalue weighted by Gasteiger charge is -2.43. The van der Waals surface area contributed by atoms with E-state index in [1.807, 2.05) is 47.4 Å². The van der Waals surface area contributed by atoms with Crippen LogP contribution >= 0.6 is 0 Å². The molecule has 33 heavy (non-hydrogen) atoms. The summed E-state index contributed by atoms with van der Waals surface area (Å²) in [6.07, 6.45) is 6.76. The van der Waals surface area contributed by atoms with E-state index in [4.69, 9.17) is 4.74 Å². The number of pyridine rings is 1. The lowest BCUT2D eigenvalue weighted by atomic mass is 9.86. The number of benzene rings is 1. The average molecular weight is 447 g/mol. The van der Waals surface area contributed by atoms with E-state index >= 15 is 0 Å². The summed E-state index contributed by atoms with van der Waals surface area (Å²) in [6.45, 7) is 0.471. The van der Waals surface area contributed by atoms with Gasteiger partial charge in [0.05, 0.1) is 31.3 Å². The average Bonchev–Trinajstić information content (AvgIpc) is 3.13. The molecule has 0 unspecified atom stereocenters. The summed E-state index contributed by atoms with van der Waals surface area (Å²) in [4.78, 5) is 33.4. The molecule has 2 N–H and O–H groups in total. The molecule has 3 atom stereocenters. The van der Waals surface area contributed by atoms with Crippen LogP contribution in [0, 0.1) is 0 Å². The molecular formula is C26H30N4O3. The van der Waals surface area contributed by atoms with Crippen LogP contribution in [-0.4, -0.2) is 47.4 Å². The highest BCUT2D eigenvalue weighted by molar-refractivity contribution is 5.99. The molecule has 0 radical (unpaired) electrons. The molecule has 2 aromatic rings. The molecule has 0 saturated heterocycles. The molecule has 7 nitrogen and oxygen atoms in total. The van der Waals surface area contributed by atoms with Gasteiger partial charge in [0.1, 0.15) is 5.75 Å². The van der Waals surface area contributed by atoms with E-state index in [1.54, 1.807) is 13.3 Å². The SMILES string of the molecule is COc1ccccc1[C@@H]1C2=C(CNC2=O)N[C@@H]2CCCC[C@H]2N1C(=O)CCc1ccccn1. The number of nitrogens with one attached hydrogen (secondary N) is 2. The molecule has 1 aliphatic carbocycles. The normalized spacial score (nSPS) is 24.3. The summed E-state index contributed by atoms with van der Waals surface area (Å²) < 4.78 is 5.69. The van der Waals surface area contributed by atoms with Gasteiger partial charge in [0.2, 0.25) is 5.91 Å². The highest BCUT2D eigenvalue weighted by Crippen LogP contribution is 2.43. The van der Waals surface area contributed by atoms with E-state index < -0.39 is 6.04 Å². The van der Waals surface area contributed by atoms with Crippen molar-refractivity contribution in [2.24, 2.45) is 0 Å². The number of aryl methyl sites for hydroxylation is 1. The molecule has 5 rings (SSSR count). The maximum absolute atomic E-state index is 13.9. The second-order valence-electron chi connectivity index (χ2n) is 8.94. The van der Waals surface area contributed by atoms with Crippen molar-refractivity contribution in [3.63, 3.8) is 0 Å². The Kier molecular flexibility index (Phi) is 6.03. The number of aromatic nitrogens is 1. The summed E-state index contributed by atoms with van der Waals surface area (Å²) in [5.41, 5.74) is 3.29. The minimum absolute atomic E-state index is 0.0169. The summed E-state index contributed by atoms with van der Waals surface area (Å²) in [7, 11) is 1.63. The van der Waals surface area contributed by atoms with Crippen molar-refractivity contribution in [2.45, 2.75) is 56.7 Å². The predicted molar refractivity (Wildman–Crippen MR) is 124 cm³/mol. The van der Waals surface area contributed by atoms with Crippen LogP contribution in [0.1, 0.15) is 49.4 Å². The summed E-state index contributed by atoms with van der Waals surface area (Å²) >= 11 is 0. The molecule has 3 heterocycles. The number of carbonyl (C=O) groups excluding carboxylic acids is 2. The molecule has 172 valence electrons. The molecule has 3 aliphatic rings. The van der Waals surface area contributed by atoms with E-state index in [0.717, 1.165) is 42.6 Å². The molecule has 0 spiro atoms. The number of nitrogens with zero attached hydrogens (tertiary/aromatic N) is 2. The lowest BCUT2D eigenvalue weighted by molar-refractivity contribution is -0.137. The van der Waals surface area contributed by atoms with Gasteiger partial charge in [-0.2, -0.15) is 0 Å². The highest BCUT2D eigenvalue weighted by atomic mass is 16.5. The van der Waals surface area contributed by atoms with Gasteiger partial charge in [-0.1, -0.05) is 37.1 Å². The van der Waals surface area contributed by atoms with Crippen molar-refractivity contribution in [2.75, 3.05) is 13.7 Å². The summed E-state index contributed by atoms with van der Waals surface area (Å²) in [5, 5.41) is 6.63. The molecule has 1 aromatic heterocycles. The Morgan fingerprint density at radius 2 is 1.97 bits per heavy atom. The maximum Gasteiger partial charge on any atom is 0.251 e. The first-order chi connectivity index (χ1) is 16.2. The molecular weight excluding hydrogens is 416 g/mol. The number of ether oxygens (including phenoxy) is 1. The van der Waals surface area contributed by atoms with Gasteiger partial charge in [-0.25, -0.2) is 0 Å². The molecule has 2 aliphatic heterocycles. The fraction of sp³-hybridized carbons (Fsp3) is 0.423. The number of hydrogen-bond acceptors (Lipinski definition) is 5. The standard InChI is InChI=1S/C26H30N4O3/c1-33-22-12-5-2-9-18(22)25-24-20(16-28-26(24)32)29-19-10-3-4-11-21(19)30(25)23(31)14-13-17-8-6-7-15-27-17/h2,5-9,12,15,19,21,25,29H,3-4,10-11,13-14,16H2,1H3,(H,28,32)/t19-,21-,25-/m1/s1. The summed E-state index contributed by atoms with van der Waals surface area (Å²) in [6, 6.07) is 13.2. The molecule has 0 bridgehead atoms. The zero-order valence-electron chi connectivity index (χ0n) is 18.9. The van der Waals surface area contributed by atoms with Crippen LogP contribution in [0.2, 0.25) is 0 Å². The van der Waals surface area contributed by atoms with Crippen molar-refractivity contribution < 1.29 is 14.3 Å². The van der Waals surface area contributed by atoms with E-state index in [-0.39, 0.29) is 23.9 Å². The van der Waals surface area contributed by atoms with Crippen molar-refractivity contribution in [1.29, 1.82) is 0 Å². The smallest absolute Gasteiger partial charge is 0.251 e. The number of fused-ring (bicyclic) bond motifs is 1. The molecule has 1 saturated carbocycles. The van der Waals surface area contributed by atoms with Crippen LogP contribution in [0.3, 0.4) is 0 Å². The minimum Gasteiger partial charge on any atom is -0.496 e. The fourth-order valence-corrected chi connectivity index (χ4v) is 5.52. The topological polar surface area (TPSA) is 83.6 Å². The van der Waals surface area contributed by atoms with Gasteiger partial charge in [0.25, 0.3) is 5.91 Å². The third kappa shape index (κ3) is 4.08. The lowest BCUT2D eigenvalue weighted by Crippen LogP contribution is -2.53. The maximum atomic E-state index is 13.9. The van der Waals surface area contributed by atoms with Gasteiger partial charge in [-0.3, -0.25) is 14.6 Å². The van der Waals surface area contributed by atoms with Crippen LogP contribution in [0.15, 0.2) is 59.9 Å². The minimum atomic E-state index is -0.490. The Balaban J connectivity index is 1.59. The second-order valence-corrected chi connectivity index (χ2v) is 8.94. The van der Waals surface area contributed by atoms with E-state index in [1.165, 1.54) is 0 Å². The van der Waals surface area contributed by atoms with Crippen molar-refractivity contribution >= 4 is 11.8 Å². The third-order valence-electron chi connectivity index (χ3n) is 7.04. The largest absolute Gasteiger partial charge is 0.496 e. The first-order valence-electron chi connectivity index (χ1n) is 11.8. The first-order valence-corrected chi connectivity index (χ1v) is 11.8. The van der Waals surface area contributed by atoms with Crippen LogP contribution in [-0.2, 0) is 16.0 Å². The van der Waals surface area contributed by atoms with Gasteiger partial charge in [-0.05, 0) is 37.5 Å². The Morgan fingerprint density at radius 3 is 2.79 bits per heavy atom. The van der Waals surface area contributed by atoms with E-state index in [2.05, 4.69) is 15.6 Å². The number of carbonyl (C=O) groups is 2. The summed E-state index contributed by atoms with van der Waals surface area (Å²) in [5.74, 6) is 0.615. The zero-order chi connectivity index (χ0) is 22.8. The Morgan fingerprint density at radius 1 is 1.15 bits per heavy atom. The molecule has 1 fully saturated rings. The van der Waals surface area contributed by atoms with Gasteiger partial charge in [-0.15, -0.1) is 0 Å². The van der Waals surface area contributed by atoms with Crippen LogP contribution < -0.4 is 15.4 Å². The van der Waals surface area contributed by atoms with Crippen molar-refractivity contribution in [3.05, 3.63) is 71.2 Å². The number of rotatable bonds is 5. The molecule has 1 aromatic carbocycles. The van der Waals surface area contributed by atoms with Crippen LogP contribution in [0.25, 0.3) is 0 Å². The second kappa shape index (κ2) is 9.25. The van der Waals surface area contributed by atoms with Gasteiger partial charge >= 0.3 is 0 Å². The fourth-order valence-electron chi connectivity index (χ4n) is 5.52. The Hall–Kier alpha value is -3.35. The molecule has 7 heteroatoms. The first kappa shape index (κ1) is 21.5. The van der Waals surface area contributed by atoms with Crippen LogP contribution in [0.4, 0.5) is 0 Å². The number of hydrogen-bond donors (Lipinski definition) is 2. The molecule has 2 amide bonds. The monoisotopic (exact) mass is 446 g/mol. The zero-order valence-corrected chi connectivity index (χ0v) is 18.9. The van der Waals surface area contributed by atoms with E-state index in [9.17, 15) is 9.59 Å². The van der Waals surface area contributed by atoms with Crippen molar-refractivity contribution in [3.8, 4) is 5.75 Å². The van der Waals surface area contributed by atoms with Gasteiger partial charge in [0, 0.05) is 35.6 Å². The highest BCUT2D eigenvalue weighted by Gasteiger charge is 2.46. The predicted octanol–water partition coefficient (Wildman–Crippen LogP) is 2.89. The Labute approximate surface area is 194 Å². The number of para-hydroxylation sites is 1. The van der Waals surface area contributed by atoms with Gasteiger partial charge in [0.15, 0.2) is 0 Å². The van der Waals surface area contributed by atoms with Crippen LogP contribution in [0.5, 0.6) is 5.75 Å². The van der Waals surface area contributed by atoms with Gasteiger partial charge < -0.3 is 20.3 Å². The number of amides is 2. The quantitative estimate of drug-likeness (QED) is 0.738. The van der Waals surface area contributed by atoms with E-state index in [0.29, 0.717) is 30.7 Å². The van der Waals surface area contributed by atoms with Crippen molar-refractivity contribution in [1.82, 2.24) is 20.5 Å². The number of methoxy groups -OCH3 is 1. The Bertz CT molecular complexity index is 1070. The third-order valence-corrected chi connectivity index (χ3v) is 7.04.